The van der Waals surface area contributed by atoms with Crippen molar-refractivity contribution in [3.63, 3.8) is 0 Å². The fraction of sp³-hybridized carbons (Fsp3) is 0.167. The molecule has 0 spiro atoms. The van der Waals surface area contributed by atoms with E-state index in [-0.39, 0.29) is 0 Å². The molecule has 0 aromatic rings. The number of rotatable bonds is 8. The van der Waals surface area contributed by atoms with E-state index in [0.717, 1.165) is 6.04 Å². The predicted octanol–water partition coefficient (Wildman–Crippen LogP) is 3.54. The van der Waals surface area contributed by atoms with Gasteiger partial charge in [-0.25, -0.2) is 0 Å². The summed E-state index contributed by atoms with van der Waals surface area (Å²) in [6, 6.07) is 0.921. The van der Waals surface area contributed by atoms with E-state index in [2.05, 4.69) is 39.8 Å². The molecule has 0 heterocycles. The molecule has 0 saturated carbocycles. The standard InChI is InChI=1S/C12H20OSi2/c1-7-14(8-2,9-3)13-15(10-4,11-5)12-6/h7-11H,1-5,12H2,6H3. The SMILES string of the molecule is C=C[Si](C=C)(C=C)O[Si](C=C)(C=C)CC. The third-order valence-corrected chi connectivity index (χ3v) is 9.90. The van der Waals surface area contributed by atoms with Crippen LogP contribution >= 0.6 is 0 Å². The molecule has 0 aliphatic rings. The van der Waals surface area contributed by atoms with Gasteiger partial charge in [0.05, 0.1) is 0 Å². The first-order valence-electron chi connectivity index (χ1n) is 4.95. The van der Waals surface area contributed by atoms with Crippen LogP contribution in [-0.4, -0.2) is 16.6 Å². The third kappa shape index (κ3) is 3.02. The second-order valence-corrected chi connectivity index (χ2v) is 10.5. The van der Waals surface area contributed by atoms with Gasteiger partial charge in [0, 0.05) is 0 Å². The van der Waals surface area contributed by atoms with E-state index in [1.54, 1.807) is 0 Å². The van der Waals surface area contributed by atoms with E-state index in [4.69, 9.17) is 4.12 Å². The lowest BCUT2D eigenvalue weighted by Crippen LogP contribution is -2.46. The monoisotopic (exact) mass is 236 g/mol. The summed E-state index contributed by atoms with van der Waals surface area (Å²) in [4.78, 5) is 0. The molecular weight excluding hydrogens is 216 g/mol. The van der Waals surface area contributed by atoms with E-state index in [1.807, 2.05) is 28.5 Å². The quantitative estimate of drug-likeness (QED) is 0.586. The number of hydrogen-bond acceptors (Lipinski definition) is 1. The Labute approximate surface area is 95.4 Å². The molecule has 0 N–H and O–H groups in total. The zero-order valence-electron chi connectivity index (χ0n) is 9.54. The topological polar surface area (TPSA) is 9.23 Å². The Bertz CT molecular complexity index is 252. The molecule has 15 heavy (non-hydrogen) atoms. The molecule has 0 aliphatic heterocycles. The minimum absolute atomic E-state index is 0.921. The summed E-state index contributed by atoms with van der Waals surface area (Å²) >= 11 is 0. The highest BCUT2D eigenvalue weighted by Crippen LogP contribution is 2.22. The average molecular weight is 236 g/mol. The Morgan fingerprint density at radius 2 is 1.27 bits per heavy atom. The van der Waals surface area contributed by atoms with Crippen molar-refractivity contribution in [2.75, 3.05) is 0 Å². The molecule has 0 aromatic carbocycles. The van der Waals surface area contributed by atoms with Crippen molar-refractivity contribution >= 4 is 16.6 Å². The first-order valence-corrected chi connectivity index (χ1v) is 9.36. The van der Waals surface area contributed by atoms with Gasteiger partial charge in [0.25, 0.3) is 8.32 Å². The molecule has 0 aromatic heterocycles. The zero-order valence-corrected chi connectivity index (χ0v) is 11.5. The summed E-state index contributed by atoms with van der Waals surface area (Å²) < 4.78 is 6.21. The summed E-state index contributed by atoms with van der Waals surface area (Å²) in [5.41, 5.74) is 9.29. The fourth-order valence-corrected chi connectivity index (χ4v) is 7.35. The van der Waals surface area contributed by atoms with Gasteiger partial charge in [-0.3, -0.25) is 0 Å². The Morgan fingerprint density at radius 3 is 1.47 bits per heavy atom. The van der Waals surface area contributed by atoms with Crippen LogP contribution in [0.15, 0.2) is 61.4 Å². The Morgan fingerprint density at radius 1 is 0.867 bits per heavy atom. The molecule has 0 amide bonds. The number of hydrogen-bond donors (Lipinski definition) is 0. The Kier molecular flexibility index (Phi) is 5.50. The van der Waals surface area contributed by atoms with Crippen LogP contribution in [0.1, 0.15) is 6.92 Å². The lowest BCUT2D eigenvalue weighted by atomic mass is 11.0. The van der Waals surface area contributed by atoms with Gasteiger partial charge in [-0.05, 0) is 6.04 Å². The van der Waals surface area contributed by atoms with Crippen LogP contribution in [0.4, 0.5) is 0 Å². The van der Waals surface area contributed by atoms with E-state index in [0.29, 0.717) is 0 Å². The van der Waals surface area contributed by atoms with Crippen molar-refractivity contribution in [2.45, 2.75) is 13.0 Å². The predicted molar refractivity (Wildman–Crippen MR) is 74.1 cm³/mol. The fourth-order valence-electron chi connectivity index (χ4n) is 1.23. The van der Waals surface area contributed by atoms with Gasteiger partial charge in [0.1, 0.15) is 0 Å². The van der Waals surface area contributed by atoms with E-state index in [9.17, 15) is 0 Å². The van der Waals surface area contributed by atoms with Gasteiger partial charge in [0.15, 0.2) is 0 Å². The lowest BCUT2D eigenvalue weighted by molar-refractivity contribution is 0.580. The molecule has 0 unspecified atom stereocenters. The van der Waals surface area contributed by atoms with Crippen LogP contribution in [0.2, 0.25) is 6.04 Å². The van der Waals surface area contributed by atoms with Gasteiger partial charge in [-0.2, -0.15) is 0 Å². The van der Waals surface area contributed by atoms with Crippen LogP contribution in [0, 0.1) is 0 Å². The largest absolute Gasteiger partial charge is 0.440 e. The highest BCUT2D eigenvalue weighted by atomic mass is 28.4. The molecule has 1 nitrogen and oxygen atoms in total. The van der Waals surface area contributed by atoms with Crippen LogP contribution in [-0.2, 0) is 4.12 Å². The van der Waals surface area contributed by atoms with E-state index < -0.39 is 16.6 Å². The normalized spacial score (nSPS) is 11.5. The molecule has 0 bridgehead atoms. The minimum atomic E-state index is -2.20. The van der Waals surface area contributed by atoms with Crippen LogP contribution in [0.5, 0.6) is 0 Å². The summed E-state index contributed by atoms with van der Waals surface area (Å²) in [5.74, 6) is 0. The van der Waals surface area contributed by atoms with Gasteiger partial charge >= 0.3 is 0 Å². The summed E-state index contributed by atoms with van der Waals surface area (Å²) in [6.45, 7) is 21.2. The second-order valence-electron chi connectivity index (χ2n) is 3.28. The Hall–Kier alpha value is -0.906. The lowest BCUT2D eigenvalue weighted by Gasteiger charge is -2.32. The van der Waals surface area contributed by atoms with Crippen molar-refractivity contribution in [3.05, 3.63) is 61.4 Å². The van der Waals surface area contributed by atoms with Crippen LogP contribution < -0.4 is 0 Å². The molecule has 0 fully saturated rings. The third-order valence-electron chi connectivity index (χ3n) is 2.57. The molecule has 0 rings (SSSR count). The molecule has 3 heteroatoms. The Balaban J connectivity index is 5.16. The first-order chi connectivity index (χ1) is 7.07. The van der Waals surface area contributed by atoms with Crippen molar-refractivity contribution < 1.29 is 4.12 Å². The van der Waals surface area contributed by atoms with Crippen molar-refractivity contribution in [1.82, 2.24) is 0 Å². The maximum absolute atomic E-state index is 6.21. The van der Waals surface area contributed by atoms with E-state index in [1.165, 1.54) is 0 Å². The zero-order chi connectivity index (χ0) is 11.9. The maximum atomic E-state index is 6.21. The molecule has 82 valence electrons. The van der Waals surface area contributed by atoms with Crippen LogP contribution in [0.25, 0.3) is 0 Å². The maximum Gasteiger partial charge on any atom is 0.254 e. The summed E-state index contributed by atoms with van der Waals surface area (Å²) in [7, 11) is -4.24. The van der Waals surface area contributed by atoms with Gasteiger partial charge < -0.3 is 4.12 Å². The average Bonchev–Trinajstić information content (AvgIpc) is 2.33. The highest BCUT2D eigenvalue weighted by Gasteiger charge is 2.35. The minimum Gasteiger partial charge on any atom is -0.440 e. The van der Waals surface area contributed by atoms with E-state index >= 15 is 0 Å². The van der Waals surface area contributed by atoms with Crippen molar-refractivity contribution in [2.24, 2.45) is 0 Å². The summed E-state index contributed by atoms with van der Waals surface area (Å²) in [5, 5.41) is 0. The van der Waals surface area contributed by atoms with Gasteiger partial charge in [-0.1, -0.05) is 35.4 Å². The van der Waals surface area contributed by atoms with Crippen molar-refractivity contribution in [1.29, 1.82) is 0 Å². The van der Waals surface area contributed by atoms with Gasteiger partial charge in [-0.15, -0.1) is 32.9 Å². The molecule has 0 saturated heterocycles. The summed E-state index contributed by atoms with van der Waals surface area (Å²) in [6.07, 6.45) is 0. The van der Waals surface area contributed by atoms with Gasteiger partial charge in [0.2, 0.25) is 8.32 Å². The molecule has 0 aliphatic carbocycles. The van der Waals surface area contributed by atoms with Crippen LogP contribution in [0.3, 0.4) is 0 Å². The molecule has 0 atom stereocenters. The molecule has 0 radical (unpaired) electrons. The smallest absolute Gasteiger partial charge is 0.254 e. The molecular formula is C12H20OSi2. The second kappa shape index (κ2) is 5.85. The first kappa shape index (κ1) is 14.1. The van der Waals surface area contributed by atoms with Crippen molar-refractivity contribution in [3.8, 4) is 0 Å². The highest BCUT2D eigenvalue weighted by molar-refractivity contribution is 6.98.